The monoisotopic (exact) mass is 479 g/mol. The fourth-order valence-corrected chi connectivity index (χ4v) is 5.20. The molecule has 3 rings (SSSR count). The van der Waals surface area contributed by atoms with Gasteiger partial charge in [-0.05, 0) is 43.2 Å². The predicted octanol–water partition coefficient (Wildman–Crippen LogP) is 4.03. The van der Waals surface area contributed by atoms with Gasteiger partial charge in [-0.3, -0.25) is 4.79 Å². The Morgan fingerprint density at radius 1 is 1.23 bits per heavy atom. The van der Waals surface area contributed by atoms with E-state index in [1.807, 2.05) is 0 Å². The third kappa shape index (κ3) is 5.18. The minimum atomic E-state index is -3.81. The van der Waals surface area contributed by atoms with Crippen molar-refractivity contribution in [3.05, 3.63) is 46.7 Å². The van der Waals surface area contributed by atoms with E-state index in [2.05, 4.69) is 15.0 Å². The molecular formula is C18H17Cl2F2N3O4S. The van der Waals surface area contributed by atoms with E-state index in [9.17, 15) is 22.0 Å². The van der Waals surface area contributed by atoms with Crippen molar-refractivity contribution in [1.29, 1.82) is 0 Å². The summed E-state index contributed by atoms with van der Waals surface area (Å²) >= 11 is 11.8. The zero-order valence-corrected chi connectivity index (χ0v) is 17.7. The van der Waals surface area contributed by atoms with E-state index >= 15 is 0 Å². The highest BCUT2D eigenvalue weighted by atomic mass is 35.5. The Morgan fingerprint density at radius 3 is 2.53 bits per heavy atom. The minimum Gasteiger partial charge on any atom is -0.433 e. The summed E-state index contributed by atoms with van der Waals surface area (Å²) in [6, 6.07) is 6.81. The van der Waals surface area contributed by atoms with E-state index in [1.54, 1.807) is 0 Å². The minimum absolute atomic E-state index is 0.0673. The van der Waals surface area contributed by atoms with E-state index < -0.39 is 22.6 Å². The molecule has 0 atom stereocenters. The summed E-state index contributed by atoms with van der Waals surface area (Å²) in [7, 11) is -3.81. The van der Waals surface area contributed by atoms with Crippen LogP contribution in [0.5, 0.6) is 5.75 Å². The highest BCUT2D eigenvalue weighted by Crippen LogP contribution is 2.30. The zero-order valence-electron chi connectivity index (χ0n) is 15.4. The number of pyridine rings is 1. The van der Waals surface area contributed by atoms with Gasteiger partial charge in [0.05, 0.1) is 5.02 Å². The number of benzene rings is 1. The molecule has 1 aliphatic heterocycles. The van der Waals surface area contributed by atoms with E-state index in [0.717, 1.165) is 0 Å². The maximum atomic E-state index is 12.7. The number of hydrogen-bond donors (Lipinski definition) is 1. The standard InChI is InChI=1S/C18H17Cl2F2N3O4S/c19-13-10-12(3-4-14(13)29-18(21)22)24-17(26)11-5-8-25(9-6-11)30(27,28)15-2-1-7-23-16(15)20/h1-4,7,10-11,18H,5-6,8-9H2,(H,24,26). The summed E-state index contributed by atoms with van der Waals surface area (Å²) in [6.45, 7) is -2.72. The lowest BCUT2D eigenvalue weighted by molar-refractivity contribution is -0.120. The zero-order chi connectivity index (χ0) is 21.9. The second-order valence-electron chi connectivity index (χ2n) is 6.48. The fourth-order valence-electron chi connectivity index (χ4n) is 3.08. The molecule has 1 fully saturated rings. The first kappa shape index (κ1) is 22.7. The number of anilines is 1. The number of nitrogens with zero attached hydrogens (tertiary/aromatic N) is 2. The van der Waals surface area contributed by atoms with Crippen molar-refractivity contribution in [2.45, 2.75) is 24.3 Å². The Balaban J connectivity index is 1.61. The Hall–Kier alpha value is -2.01. The lowest BCUT2D eigenvalue weighted by atomic mass is 9.97. The van der Waals surface area contributed by atoms with Crippen LogP contribution in [0.15, 0.2) is 41.4 Å². The summed E-state index contributed by atoms with van der Waals surface area (Å²) in [4.78, 5) is 16.2. The number of amides is 1. The third-order valence-corrected chi connectivity index (χ3v) is 7.22. The number of carbonyl (C=O) groups excluding carboxylic acids is 1. The fraction of sp³-hybridized carbons (Fsp3) is 0.333. The molecule has 0 saturated carbocycles. The van der Waals surface area contributed by atoms with Crippen molar-refractivity contribution < 1.29 is 26.7 Å². The summed E-state index contributed by atoms with van der Waals surface area (Å²) in [5.74, 6) is -0.932. The van der Waals surface area contributed by atoms with Crippen LogP contribution in [0.25, 0.3) is 0 Å². The van der Waals surface area contributed by atoms with Crippen LogP contribution in [-0.2, 0) is 14.8 Å². The molecule has 0 bridgehead atoms. The van der Waals surface area contributed by atoms with E-state index in [-0.39, 0.29) is 39.8 Å². The number of halogens is 4. The summed E-state index contributed by atoms with van der Waals surface area (Å²) in [6.07, 6.45) is 2.02. The number of sulfonamides is 1. The highest BCUT2D eigenvalue weighted by molar-refractivity contribution is 7.89. The smallest absolute Gasteiger partial charge is 0.387 e. The Kier molecular flexibility index (Phi) is 7.12. The molecule has 0 spiro atoms. The van der Waals surface area contributed by atoms with Crippen LogP contribution in [0.3, 0.4) is 0 Å². The molecule has 1 amide bonds. The molecular weight excluding hydrogens is 463 g/mol. The van der Waals surface area contributed by atoms with Gasteiger partial charge in [-0.25, -0.2) is 13.4 Å². The van der Waals surface area contributed by atoms with E-state index in [1.165, 1.54) is 40.8 Å². The van der Waals surface area contributed by atoms with Gasteiger partial charge in [0.2, 0.25) is 15.9 Å². The van der Waals surface area contributed by atoms with Crippen molar-refractivity contribution in [3.8, 4) is 5.75 Å². The van der Waals surface area contributed by atoms with Gasteiger partial charge >= 0.3 is 6.61 Å². The first-order valence-electron chi connectivity index (χ1n) is 8.84. The van der Waals surface area contributed by atoms with Crippen LogP contribution in [0.4, 0.5) is 14.5 Å². The van der Waals surface area contributed by atoms with Gasteiger partial charge in [-0.2, -0.15) is 13.1 Å². The predicted molar refractivity (Wildman–Crippen MR) is 107 cm³/mol. The van der Waals surface area contributed by atoms with Crippen LogP contribution in [0.2, 0.25) is 10.2 Å². The lowest BCUT2D eigenvalue weighted by Gasteiger charge is -2.30. The molecule has 7 nitrogen and oxygen atoms in total. The molecule has 1 aromatic carbocycles. The molecule has 162 valence electrons. The lowest BCUT2D eigenvalue weighted by Crippen LogP contribution is -2.41. The third-order valence-electron chi connectivity index (χ3n) is 4.58. The van der Waals surface area contributed by atoms with Crippen molar-refractivity contribution in [1.82, 2.24) is 9.29 Å². The normalized spacial score (nSPS) is 15.9. The number of hydrogen-bond acceptors (Lipinski definition) is 5. The number of alkyl halides is 2. The average Bonchev–Trinajstić information content (AvgIpc) is 2.70. The van der Waals surface area contributed by atoms with Crippen LogP contribution >= 0.6 is 23.2 Å². The van der Waals surface area contributed by atoms with Gasteiger partial charge in [0, 0.05) is 30.9 Å². The average molecular weight is 480 g/mol. The molecule has 1 aliphatic rings. The Labute approximate surface area is 182 Å². The maximum absolute atomic E-state index is 12.7. The van der Waals surface area contributed by atoms with Crippen LogP contribution in [0, 0.1) is 5.92 Å². The molecule has 2 heterocycles. The number of ether oxygens (including phenoxy) is 1. The van der Waals surface area contributed by atoms with Crippen LogP contribution < -0.4 is 10.1 Å². The van der Waals surface area contributed by atoms with Gasteiger partial charge in [-0.15, -0.1) is 0 Å². The Bertz CT molecular complexity index is 1030. The number of carbonyl (C=O) groups is 1. The molecule has 1 N–H and O–H groups in total. The quantitative estimate of drug-likeness (QED) is 0.631. The molecule has 1 saturated heterocycles. The molecule has 0 aliphatic carbocycles. The molecule has 2 aromatic rings. The number of piperidine rings is 1. The summed E-state index contributed by atoms with van der Waals surface area (Å²) in [5.41, 5.74) is 0.323. The van der Waals surface area contributed by atoms with Gasteiger partial charge in [-0.1, -0.05) is 23.2 Å². The largest absolute Gasteiger partial charge is 0.433 e. The number of aromatic nitrogens is 1. The molecule has 0 unspecified atom stereocenters. The van der Waals surface area contributed by atoms with Crippen LogP contribution in [0.1, 0.15) is 12.8 Å². The van der Waals surface area contributed by atoms with Crippen LogP contribution in [-0.4, -0.2) is 43.3 Å². The van der Waals surface area contributed by atoms with E-state index in [4.69, 9.17) is 23.2 Å². The van der Waals surface area contributed by atoms with Gasteiger partial charge in [0.15, 0.2) is 0 Å². The molecule has 30 heavy (non-hydrogen) atoms. The SMILES string of the molecule is O=C(Nc1ccc(OC(F)F)c(Cl)c1)C1CCN(S(=O)(=O)c2cccnc2Cl)CC1. The maximum Gasteiger partial charge on any atom is 0.387 e. The topological polar surface area (TPSA) is 88.6 Å². The first-order valence-corrected chi connectivity index (χ1v) is 11.0. The summed E-state index contributed by atoms with van der Waals surface area (Å²) < 4.78 is 55.6. The Morgan fingerprint density at radius 2 is 1.93 bits per heavy atom. The number of rotatable bonds is 6. The summed E-state index contributed by atoms with van der Waals surface area (Å²) in [5, 5.41) is 2.49. The van der Waals surface area contributed by atoms with Crippen molar-refractivity contribution >= 4 is 44.8 Å². The van der Waals surface area contributed by atoms with Crippen molar-refractivity contribution in [3.63, 3.8) is 0 Å². The van der Waals surface area contributed by atoms with Gasteiger partial charge < -0.3 is 10.1 Å². The highest BCUT2D eigenvalue weighted by Gasteiger charge is 2.33. The molecule has 1 aromatic heterocycles. The second kappa shape index (κ2) is 9.42. The molecule has 0 radical (unpaired) electrons. The van der Waals surface area contributed by atoms with Gasteiger partial charge in [0.1, 0.15) is 15.8 Å². The van der Waals surface area contributed by atoms with Crippen molar-refractivity contribution in [2.24, 2.45) is 5.92 Å². The van der Waals surface area contributed by atoms with E-state index in [0.29, 0.717) is 18.5 Å². The van der Waals surface area contributed by atoms with Crippen molar-refractivity contribution in [2.75, 3.05) is 18.4 Å². The number of nitrogens with one attached hydrogen (secondary N) is 1. The first-order chi connectivity index (χ1) is 14.2. The second-order valence-corrected chi connectivity index (χ2v) is 9.16. The molecule has 12 heteroatoms. The van der Waals surface area contributed by atoms with Gasteiger partial charge in [0.25, 0.3) is 0 Å².